The van der Waals surface area contributed by atoms with Crippen molar-refractivity contribution in [1.29, 1.82) is 0 Å². The first-order valence-corrected chi connectivity index (χ1v) is 5.48. The number of ether oxygens (including phenoxy) is 2. The van der Waals surface area contributed by atoms with Gasteiger partial charge in [0.1, 0.15) is 17.1 Å². The van der Waals surface area contributed by atoms with Crippen LogP contribution in [0.25, 0.3) is 0 Å². The number of Topliss-reactive ketones (excluding diaryl/α,β-unsaturated/α-hetero) is 1. The molecule has 0 spiro atoms. The molecule has 0 fully saturated rings. The van der Waals surface area contributed by atoms with Crippen molar-refractivity contribution < 1.29 is 14.3 Å². The van der Waals surface area contributed by atoms with E-state index in [4.69, 9.17) is 9.47 Å². The smallest absolute Gasteiger partial charge is 0.170 e. The van der Waals surface area contributed by atoms with Crippen LogP contribution in [0.2, 0.25) is 0 Å². The largest absolute Gasteiger partial charge is 0.496 e. The first kappa shape index (κ1) is 13.3. The van der Waals surface area contributed by atoms with Gasteiger partial charge in [-0.25, -0.2) is 0 Å². The molecule has 0 unspecified atom stereocenters. The highest BCUT2D eigenvalue weighted by Crippen LogP contribution is 2.29. The second kappa shape index (κ2) is 6.09. The molecule has 17 heavy (non-hydrogen) atoms. The summed E-state index contributed by atoms with van der Waals surface area (Å²) in [5.74, 6) is 1.12. The Morgan fingerprint density at radius 2 is 1.71 bits per heavy atom. The fourth-order valence-electron chi connectivity index (χ4n) is 1.58. The Kier molecular flexibility index (Phi) is 4.76. The standard InChI is InChI=1S/C14H18O3/c1-10(2)8-9-11(15)14-12(16-3)6-5-7-13(14)17-4/h5-7H,1,8-9H2,2-4H3. The van der Waals surface area contributed by atoms with Gasteiger partial charge < -0.3 is 9.47 Å². The first-order chi connectivity index (χ1) is 8.10. The molecule has 0 aliphatic rings. The van der Waals surface area contributed by atoms with Gasteiger partial charge >= 0.3 is 0 Å². The third-order valence-electron chi connectivity index (χ3n) is 2.49. The summed E-state index contributed by atoms with van der Waals surface area (Å²) in [7, 11) is 3.09. The van der Waals surface area contributed by atoms with Crippen molar-refractivity contribution in [3.8, 4) is 11.5 Å². The first-order valence-electron chi connectivity index (χ1n) is 5.48. The predicted octanol–water partition coefficient (Wildman–Crippen LogP) is 3.24. The van der Waals surface area contributed by atoms with E-state index in [0.29, 0.717) is 29.9 Å². The highest BCUT2D eigenvalue weighted by Gasteiger charge is 2.17. The quantitative estimate of drug-likeness (QED) is 0.560. The number of ketones is 1. The van der Waals surface area contributed by atoms with E-state index in [1.807, 2.05) is 6.92 Å². The van der Waals surface area contributed by atoms with Crippen molar-refractivity contribution >= 4 is 5.78 Å². The molecule has 0 heterocycles. The summed E-state index contributed by atoms with van der Waals surface area (Å²) in [4.78, 5) is 12.1. The second-order valence-corrected chi connectivity index (χ2v) is 3.92. The van der Waals surface area contributed by atoms with Crippen molar-refractivity contribution in [3.63, 3.8) is 0 Å². The van der Waals surface area contributed by atoms with E-state index in [1.54, 1.807) is 32.4 Å². The number of carbonyl (C=O) groups is 1. The minimum Gasteiger partial charge on any atom is -0.496 e. The Morgan fingerprint density at radius 1 is 1.18 bits per heavy atom. The number of hydrogen-bond acceptors (Lipinski definition) is 3. The topological polar surface area (TPSA) is 35.5 Å². The highest BCUT2D eigenvalue weighted by atomic mass is 16.5. The Bertz CT molecular complexity index is 399. The van der Waals surface area contributed by atoms with Gasteiger partial charge in [-0.3, -0.25) is 4.79 Å². The van der Waals surface area contributed by atoms with E-state index in [0.717, 1.165) is 5.57 Å². The molecule has 0 atom stereocenters. The number of rotatable bonds is 6. The van der Waals surface area contributed by atoms with Crippen LogP contribution in [0, 0.1) is 0 Å². The van der Waals surface area contributed by atoms with E-state index >= 15 is 0 Å². The van der Waals surface area contributed by atoms with E-state index in [2.05, 4.69) is 6.58 Å². The lowest BCUT2D eigenvalue weighted by atomic mass is 10.0. The molecule has 0 aliphatic heterocycles. The summed E-state index contributed by atoms with van der Waals surface area (Å²) in [6, 6.07) is 5.32. The summed E-state index contributed by atoms with van der Waals surface area (Å²) >= 11 is 0. The summed E-state index contributed by atoms with van der Waals surface area (Å²) < 4.78 is 10.4. The zero-order valence-electron chi connectivity index (χ0n) is 10.6. The van der Waals surface area contributed by atoms with Gasteiger partial charge in [0.05, 0.1) is 14.2 Å². The van der Waals surface area contributed by atoms with Crippen LogP contribution >= 0.6 is 0 Å². The van der Waals surface area contributed by atoms with E-state index in [-0.39, 0.29) is 5.78 Å². The molecular weight excluding hydrogens is 216 g/mol. The maximum absolute atomic E-state index is 12.1. The van der Waals surface area contributed by atoms with Crippen molar-refractivity contribution in [2.24, 2.45) is 0 Å². The van der Waals surface area contributed by atoms with Crippen LogP contribution in [-0.2, 0) is 0 Å². The Morgan fingerprint density at radius 3 is 2.12 bits per heavy atom. The molecule has 0 amide bonds. The molecular formula is C14H18O3. The maximum atomic E-state index is 12.1. The van der Waals surface area contributed by atoms with Gasteiger partial charge in [-0.1, -0.05) is 11.6 Å². The minimum absolute atomic E-state index is 0.0160. The number of benzene rings is 1. The number of carbonyl (C=O) groups excluding carboxylic acids is 1. The van der Waals surface area contributed by atoms with Crippen molar-refractivity contribution in [3.05, 3.63) is 35.9 Å². The fraction of sp³-hybridized carbons (Fsp3) is 0.357. The normalized spacial score (nSPS) is 9.82. The molecule has 0 saturated carbocycles. The summed E-state index contributed by atoms with van der Waals surface area (Å²) in [6.07, 6.45) is 1.10. The molecule has 1 aromatic rings. The number of hydrogen-bond donors (Lipinski definition) is 0. The summed E-state index contributed by atoms with van der Waals surface area (Å²) in [5, 5.41) is 0. The Labute approximate surface area is 102 Å². The second-order valence-electron chi connectivity index (χ2n) is 3.92. The van der Waals surface area contributed by atoms with Crippen molar-refractivity contribution in [1.82, 2.24) is 0 Å². The predicted molar refractivity (Wildman–Crippen MR) is 67.9 cm³/mol. The maximum Gasteiger partial charge on any atom is 0.170 e. The molecule has 92 valence electrons. The minimum atomic E-state index is 0.0160. The average molecular weight is 234 g/mol. The lowest BCUT2D eigenvalue weighted by Crippen LogP contribution is -2.05. The molecule has 0 radical (unpaired) electrons. The zero-order chi connectivity index (χ0) is 12.8. The van der Waals surface area contributed by atoms with Gasteiger partial charge in [-0.05, 0) is 25.5 Å². The van der Waals surface area contributed by atoms with E-state index in [1.165, 1.54) is 0 Å². The van der Waals surface area contributed by atoms with E-state index < -0.39 is 0 Å². The molecule has 0 aliphatic carbocycles. The lowest BCUT2D eigenvalue weighted by molar-refractivity contribution is 0.0976. The van der Waals surface area contributed by atoms with Crippen LogP contribution in [0.1, 0.15) is 30.1 Å². The summed E-state index contributed by atoms with van der Waals surface area (Å²) in [5.41, 5.74) is 1.51. The number of allylic oxidation sites excluding steroid dienone is 1. The molecule has 3 nitrogen and oxygen atoms in total. The van der Waals surface area contributed by atoms with Gasteiger partial charge in [0.25, 0.3) is 0 Å². The van der Waals surface area contributed by atoms with Gasteiger partial charge in [-0.2, -0.15) is 0 Å². The monoisotopic (exact) mass is 234 g/mol. The SMILES string of the molecule is C=C(C)CCC(=O)c1c(OC)cccc1OC. The molecule has 0 N–H and O–H groups in total. The van der Waals surface area contributed by atoms with Crippen molar-refractivity contribution in [2.75, 3.05) is 14.2 Å². The van der Waals surface area contributed by atoms with Gasteiger partial charge in [0, 0.05) is 6.42 Å². The van der Waals surface area contributed by atoms with Crippen LogP contribution in [0.4, 0.5) is 0 Å². The van der Waals surface area contributed by atoms with Crippen LogP contribution in [0.15, 0.2) is 30.4 Å². The molecule has 1 rings (SSSR count). The summed E-state index contributed by atoms with van der Waals surface area (Å²) in [6.45, 7) is 5.70. The van der Waals surface area contributed by atoms with Crippen LogP contribution in [0.3, 0.4) is 0 Å². The van der Waals surface area contributed by atoms with Crippen molar-refractivity contribution in [2.45, 2.75) is 19.8 Å². The highest BCUT2D eigenvalue weighted by molar-refractivity contribution is 6.01. The molecule has 0 aromatic heterocycles. The zero-order valence-corrected chi connectivity index (χ0v) is 10.6. The molecule has 0 bridgehead atoms. The third-order valence-corrected chi connectivity index (χ3v) is 2.49. The van der Waals surface area contributed by atoms with Crippen LogP contribution in [-0.4, -0.2) is 20.0 Å². The lowest BCUT2D eigenvalue weighted by Gasteiger charge is -2.11. The molecule has 1 aromatic carbocycles. The fourth-order valence-corrected chi connectivity index (χ4v) is 1.58. The molecule has 3 heteroatoms. The number of methoxy groups -OCH3 is 2. The van der Waals surface area contributed by atoms with E-state index in [9.17, 15) is 4.79 Å². The average Bonchev–Trinajstić information content (AvgIpc) is 2.34. The van der Waals surface area contributed by atoms with Crippen LogP contribution < -0.4 is 9.47 Å². The Balaban J connectivity index is 3.01. The van der Waals surface area contributed by atoms with Crippen LogP contribution in [0.5, 0.6) is 11.5 Å². The van der Waals surface area contributed by atoms with Gasteiger partial charge in [0.15, 0.2) is 5.78 Å². The molecule has 0 saturated heterocycles. The Hall–Kier alpha value is -1.77. The van der Waals surface area contributed by atoms with Gasteiger partial charge in [-0.15, -0.1) is 6.58 Å². The third kappa shape index (κ3) is 3.34. The van der Waals surface area contributed by atoms with Gasteiger partial charge in [0.2, 0.25) is 0 Å².